The second kappa shape index (κ2) is 5.05. The minimum absolute atomic E-state index is 0.269. The first-order valence-corrected chi connectivity index (χ1v) is 6.82. The molecule has 2 N–H and O–H groups in total. The number of aromatic nitrogens is 2. The number of hydrogen-bond acceptors (Lipinski definition) is 3. The Morgan fingerprint density at radius 2 is 2.37 bits per heavy atom. The van der Waals surface area contributed by atoms with Crippen LogP contribution in [0, 0.1) is 0 Å². The van der Waals surface area contributed by atoms with Crippen LogP contribution in [0.1, 0.15) is 29.7 Å². The number of aromatic hydroxyl groups is 1. The molecule has 1 aromatic carbocycles. The third kappa shape index (κ3) is 2.49. The Bertz CT molecular complexity index is 577. The van der Waals surface area contributed by atoms with E-state index in [1.807, 2.05) is 23.0 Å². The van der Waals surface area contributed by atoms with E-state index in [1.165, 1.54) is 16.7 Å². The van der Waals surface area contributed by atoms with Gasteiger partial charge in [0.15, 0.2) is 0 Å². The number of nitrogens with zero attached hydrogens (tertiary/aromatic N) is 2. The van der Waals surface area contributed by atoms with Crippen molar-refractivity contribution in [3.05, 3.63) is 47.3 Å². The fourth-order valence-electron chi connectivity index (χ4n) is 2.73. The molecule has 1 aliphatic rings. The molecule has 2 aromatic rings. The minimum atomic E-state index is 0.269. The molecule has 0 bridgehead atoms. The molecule has 1 atom stereocenters. The lowest BCUT2D eigenvalue weighted by Gasteiger charge is -2.26. The fourth-order valence-corrected chi connectivity index (χ4v) is 2.73. The molecular weight excluding hydrogens is 238 g/mol. The van der Waals surface area contributed by atoms with E-state index in [-0.39, 0.29) is 6.04 Å². The maximum atomic E-state index is 9.67. The lowest BCUT2D eigenvalue weighted by Crippen LogP contribution is -2.31. The van der Waals surface area contributed by atoms with Crippen LogP contribution < -0.4 is 5.32 Å². The molecule has 1 unspecified atom stereocenters. The number of aryl methyl sites for hydroxylation is 1. The maximum Gasteiger partial charge on any atom is 0.115 e. The van der Waals surface area contributed by atoms with Crippen molar-refractivity contribution < 1.29 is 5.11 Å². The van der Waals surface area contributed by atoms with E-state index >= 15 is 0 Å². The Morgan fingerprint density at radius 1 is 1.47 bits per heavy atom. The second-order valence-corrected chi connectivity index (χ2v) is 5.05. The van der Waals surface area contributed by atoms with E-state index in [4.69, 9.17) is 0 Å². The predicted octanol–water partition coefficient (Wildman–Crippen LogP) is 2.04. The second-order valence-electron chi connectivity index (χ2n) is 5.05. The zero-order chi connectivity index (χ0) is 13.2. The SMILES string of the molecule is CCn1cc(CC2NCCc3ccc(O)cc32)cn1. The van der Waals surface area contributed by atoms with Crippen molar-refractivity contribution in [1.29, 1.82) is 0 Å². The Morgan fingerprint density at radius 3 is 3.16 bits per heavy atom. The summed E-state index contributed by atoms with van der Waals surface area (Å²) in [7, 11) is 0. The van der Waals surface area contributed by atoms with Crippen LogP contribution in [0.2, 0.25) is 0 Å². The van der Waals surface area contributed by atoms with Crippen LogP contribution in [0.3, 0.4) is 0 Å². The van der Waals surface area contributed by atoms with Gasteiger partial charge in [-0.1, -0.05) is 6.07 Å². The van der Waals surface area contributed by atoms with E-state index in [0.29, 0.717) is 5.75 Å². The van der Waals surface area contributed by atoms with Crippen molar-refractivity contribution in [3.63, 3.8) is 0 Å². The highest BCUT2D eigenvalue weighted by Gasteiger charge is 2.20. The Hall–Kier alpha value is -1.81. The summed E-state index contributed by atoms with van der Waals surface area (Å²) in [5, 5.41) is 17.5. The molecule has 100 valence electrons. The van der Waals surface area contributed by atoms with Gasteiger partial charge in [0.05, 0.1) is 6.20 Å². The highest BCUT2D eigenvalue weighted by Crippen LogP contribution is 2.28. The van der Waals surface area contributed by atoms with Gasteiger partial charge in [0.2, 0.25) is 0 Å². The summed E-state index contributed by atoms with van der Waals surface area (Å²) in [6.45, 7) is 3.98. The molecule has 0 saturated carbocycles. The Kier molecular flexibility index (Phi) is 3.25. The molecule has 1 aliphatic heterocycles. The van der Waals surface area contributed by atoms with Gasteiger partial charge in [-0.3, -0.25) is 4.68 Å². The van der Waals surface area contributed by atoms with E-state index < -0.39 is 0 Å². The first kappa shape index (κ1) is 12.2. The van der Waals surface area contributed by atoms with Crippen LogP contribution in [-0.4, -0.2) is 21.4 Å². The van der Waals surface area contributed by atoms with Gasteiger partial charge in [0, 0.05) is 18.8 Å². The first-order chi connectivity index (χ1) is 9.26. The number of phenolic OH excluding ortho intramolecular Hbond substituents is 1. The standard InChI is InChI=1S/C15H19N3O/c1-2-18-10-11(9-17-18)7-15-14-8-13(19)4-3-12(14)5-6-16-15/h3-4,8-10,15-16,19H,2,5-7H2,1H3. The minimum Gasteiger partial charge on any atom is -0.508 e. The van der Waals surface area contributed by atoms with E-state index in [1.54, 1.807) is 6.07 Å². The molecule has 4 nitrogen and oxygen atoms in total. The molecule has 2 heterocycles. The average Bonchev–Trinajstić information content (AvgIpc) is 2.87. The van der Waals surface area contributed by atoms with Crippen LogP contribution in [0.15, 0.2) is 30.6 Å². The fraction of sp³-hybridized carbons (Fsp3) is 0.400. The van der Waals surface area contributed by atoms with Gasteiger partial charge in [0.25, 0.3) is 0 Å². The highest BCUT2D eigenvalue weighted by atomic mass is 16.3. The van der Waals surface area contributed by atoms with Crippen LogP contribution in [0.5, 0.6) is 5.75 Å². The molecule has 0 spiro atoms. The van der Waals surface area contributed by atoms with Crippen molar-refractivity contribution in [1.82, 2.24) is 15.1 Å². The lowest BCUT2D eigenvalue weighted by atomic mass is 9.91. The van der Waals surface area contributed by atoms with Crippen LogP contribution in [-0.2, 0) is 19.4 Å². The smallest absolute Gasteiger partial charge is 0.115 e. The molecule has 4 heteroatoms. The molecule has 3 rings (SSSR count). The van der Waals surface area contributed by atoms with E-state index in [2.05, 4.69) is 23.5 Å². The number of rotatable bonds is 3. The van der Waals surface area contributed by atoms with E-state index in [9.17, 15) is 5.11 Å². The molecule has 0 aliphatic carbocycles. The summed E-state index contributed by atoms with van der Waals surface area (Å²) in [6.07, 6.45) is 5.97. The van der Waals surface area contributed by atoms with Gasteiger partial charge < -0.3 is 10.4 Å². The molecule has 1 aromatic heterocycles. The summed E-state index contributed by atoms with van der Waals surface area (Å²) >= 11 is 0. The Labute approximate surface area is 113 Å². The Balaban J connectivity index is 1.84. The highest BCUT2D eigenvalue weighted by molar-refractivity contribution is 5.39. The number of benzene rings is 1. The van der Waals surface area contributed by atoms with Crippen molar-refractivity contribution in [2.45, 2.75) is 32.4 Å². The van der Waals surface area contributed by atoms with Crippen molar-refractivity contribution in [3.8, 4) is 5.75 Å². The van der Waals surface area contributed by atoms with Gasteiger partial charge >= 0.3 is 0 Å². The zero-order valence-corrected chi connectivity index (χ0v) is 11.1. The summed E-state index contributed by atoms with van der Waals surface area (Å²) in [5.74, 6) is 0.344. The van der Waals surface area contributed by atoms with Gasteiger partial charge in [0.1, 0.15) is 5.75 Å². The third-order valence-corrected chi connectivity index (χ3v) is 3.74. The van der Waals surface area contributed by atoms with Crippen molar-refractivity contribution in [2.24, 2.45) is 0 Å². The normalized spacial score (nSPS) is 18.3. The van der Waals surface area contributed by atoms with Gasteiger partial charge in [-0.25, -0.2) is 0 Å². The number of hydrogen-bond donors (Lipinski definition) is 2. The quantitative estimate of drug-likeness (QED) is 0.884. The van der Waals surface area contributed by atoms with Crippen molar-refractivity contribution in [2.75, 3.05) is 6.54 Å². The lowest BCUT2D eigenvalue weighted by molar-refractivity contribution is 0.463. The molecule has 19 heavy (non-hydrogen) atoms. The number of fused-ring (bicyclic) bond motifs is 1. The van der Waals surface area contributed by atoms with E-state index in [0.717, 1.165) is 25.9 Å². The van der Waals surface area contributed by atoms with Gasteiger partial charge in [-0.2, -0.15) is 5.10 Å². The topological polar surface area (TPSA) is 50.1 Å². The van der Waals surface area contributed by atoms with Crippen LogP contribution in [0.4, 0.5) is 0 Å². The monoisotopic (exact) mass is 257 g/mol. The first-order valence-electron chi connectivity index (χ1n) is 6.82. The summed E-state index contributed by atoms with van der Waals surface area (Å²) in [6, 6.07) is 5.96. The largest absolute Gasteiger partial charge is 0.508 e. The predicted molar refractivity (Wildman–Crippen MR) is 74.2 cm³/mol. The number of phenols is 1. The summed E-state index contributed by atoms with van der Waals surface area (Å²) < 4.78 is 1.95. The summed E-state index contributed by atoms with van der Waals surface area (Å²) in [5.41, 5.74) is 3.79. The number of nitrogens with one attached hydrogen (secondary N) is 1. The zero-order valence-electron chi connectivity index (χ0n) is 11.1. The van der Waals surface area contributed by atoms with Crippen molar-refractivity contribution >= 4 is 0 Å². The molecule has 0 radical (unpaired) electrons. The molecule has 0 amide bonds. The van der Waals surface area contributed by atoms with Gasteiger partial charge in [-0.05, 0) is 55.1 Å². The molecular formula is C15H19N3O. The summed E-state index contributed by atoms with van der Waals surface area (Å²) in [4.78, 5) is 0. The maximum absolute atomic E-state index is 9.67. The third-order valence-electron chi connectivity index (χ3n) is 3.74. The average molecular weight is 257 g/mol. The van der Waals surface area contributed by atoms with Crippen LogP contribution in [0.25, 0.3) is 0 Å². The van der Waals surface area contributed by atoms with Crippen LogP contribution >= 0.6 is 0 Å². The van der Waals surface area contributed by atoms with Gasteiger partial charge in [-0.15, -0.1) is 0 Å². The molecule has 0 fully saturated rings. The molecule has 0 saturated heterocycles.